The van der Waals surface area contributed by atoms with Crippen molar-refractivity contribution in [3.8, 4) is 0 Å². The van der Waals surface area contributed by atoms with Crippen LogP contribution in [0, 0.1) is 0 Å². The monoisotopic (exact) mass is 648 g/mol. The fourth-order valence-corrected chi connectivity index (χ4v) is 6.59. The minimum Gasteiger partial charge on any atom is -0.326 e. The van der Waals surface area contributed by atoms with Crippen LogP contribution in [0.25, 0.3) is 21.5 Å². The van der Waals surface area contributed by atoms with Crippen molar-refractivity contribution in [3.05, 3.63) is 82.9 Å². The Morgan fingerprint density at radius 1 is 0.583 bits per heavy atom. The maximum absolute atomic E-state index is 13.6. The molecule has 6 rings (SSSR count). The van der Waals surface area contributed by atoms with Gasteiger partial charge in [-0.3, -0.25) is 38.6 Å². The van der Waals surface area contributed by atoms with Gasteiger partial charge in [0.2, 0.25) is 11.8 Å². The van der Waals surface area contributed by atoms with Gasteiger partial charge < -0.3 is 21.3 Å². The van der Waals surface area contributed by atoms with Gasteiger partial charge in [-0.1, -0.05) is 24.3 Å². The van der Waals surface area contributed by atoms with Crippen molar-refractivity contribution in [1.29, 1.82) is 0 Å². The van der Waals surface area contributed by atoms with Gasteiger partial charge >= 0.3 is 0 Å². The molecule has 0 spiro atoms. The van der Waals surface area contributed by atoms with E-state index in [2.05, 4.69) is 21.3 Å². The van der Waals surface area contributed by atoms with Crippen molar-refractivity contribution in [2.45, 2.75) is 39.8 Å². The predicted octanol–water partition coefficient (Wildman–Crippen LogP) is 3.76. The third-order valence-corrected chi connectivity index (χ3v) is 8.63. The predicted molar refractivity (Wildman–Crippen MR) is 182 cm³/mol. The number of anilines is 2. The molecular formula is C36H36N6O6. The lowest BCUT2D eigenvalue weighted by molar-refractivity contribution is -0.115. The summed E-state index contributed by atoms with van der Waals surface area (Å²) in [7, 11) is 0. The van der Waals surface area contributed by atoms with Crippen molar-refractivity contribution in [2.24, 2.45) is 0 Å². The summed E-state index contributed by atoms with van der Waals surface area (Å²) in [5.41, 5.74) is 2.57. The van der Waals surface area contributed by atoms with E-state index in [0.29, 0.717) is 81.4 Å². The number of carbonyl (C=O) groups is 6. The molecule has 0 unspecified atom stereocenters. The number of nitrogens with zero attached hydrogens (tertiary/aromatic N) is 2. The maximum Gasteiger partial charge on any atom is 0.261 e. The summed E-state index contributed by atoms with van der Waals surface area (Å²) < 4.78 is 0. The number of rotatable bonds is 11. The normalized spacial score (nSPS) is 15.2. The Morgan fingerprint density at radius 3 is 1.33 bits per heavy atom. The molecule has 0 aromatic heterocycles. The topological polar surface area (TPSA) is 157 Å². The third kappa shape index (κ3) is 5.91. The number of hydrogen-bond donors (Lipinski definition) is 4. The average Bonchev–Trinajstić information content (AvgIpc) is 3.03. The Labute approximate surface area is 276 Å². The summed E-state index contributed by atoms with van der Waals surface area (Å²) in [5.74, 6) is -2.11. The minimum absolute atomic E-state index is 0.260. The lowest BCUT2D eigenvalue weighted by Crippen LogP contribution is -2.51. The van der Waals surface area contributed by atoms with Gasteiger partial charge in [0.05, 0.1) is 11.1 Å². The molecule has 12 heteroatoms. The van der Waals surface area contributed by atoms with E-state index in [4.69, 9.17) is 0 Å². The lowest BCUT2D eigenvalue weighted by Gasteiger charge is -2.33. The molecule has 48 heavy (non-hydrogen) atoms. The smallest absolute Gasteiger partial charge is 0.261 e. The first-order valence-electron chi connectivity index (χ1n) is 15.8. The largest absolute Gasteiger partial charge is 0.326 e. The highest BCUT2D eigenvalue weighted by molar-refractivity contribution is 6.27. The van der Waals surface area contributed by atoms with Crippen LogP contribution in [0.3, 0.4) is 0 Å². The second-order valence-electron chi connectivity index (χ2n) is 12.3. The number of amides is 6. The van der Waals surface area contributed by atoms with Gasteiger partial charge in [-0.2, -0.15) is 0 Å². The van der Waals surface area contributed by atoms with Crippen molar-refractivity contribution >= 4 is 68.4 Å². The van der Waals surface area contributed by atoms with Gasteiger partial charge in [0.1, 0.15) is 0 Å². The van der Waals surface area contributed by atoms with Gasteiger partial charge in [0.15, 0.2) is 0 Å². The van der Waals surface area contributed by atoms with Gasteiger partial charge in [-0.05, 0) is 61.0 Å². The molecular weight excluding hydrogens is 612 g/mol. The zero-order valence-electron chi connectivity index (χ0n) is 27.1. The van der Waals surface area contributed by atoms with Crippen LogP contribution >= 0.6 is 0 Å². The van der Waals surface area contributed by atoms with Gasteiger partial charge in [0.25, 0.3) is 23.6 Å². The highest BCUT2D eigenvalue weighted by Gasteiger charge is 2.37. The van der Waals surface area contributed by atoms with Gasteiger partial charge in [-0.15, -0.1) is 0 Å². The third-order valence-electron chi connectivity index (χ3n) is 8.63. The number of hydrogen-bond acceptors (Lipinski definition) is 8. The first kappa shape index (κ1) is 32.5. The summed E-state index contributed by atoms with van der Waals surface area (Å²) in [4.78, 5) is 79.9. The fraction of sp³-hybridized carbons (Fsp3) is 0.278. The van der Waals surface area contributed by atoms with Gasteiger partial charge in [0, 0.05) is 85.4 Å². The molecule has 0 saturated heterocycles. The van der Waals surface area contributed by atoms with E-state index in [1.54, 1.807) is 62.4 Å². The molecule has 2 atom stereocenters. The molecule has 6 amide bonds. The van der Waals surface area contributed by atoms with Crippen molar-refractivity contribution in [3.63, 3.8) is 0 Å². The maximum atomic E-state index is 13.6. The summed E-state index contributed by atoms with van der Waals surface area (Å²) in [6.45, 7) is 8.05. The molecule has 246 valence electrons. The van der Waals surface area contributed by atoms with Gasteiger partial charge in [-0.25, -0.2) is 0 Å². The SMILES string of the molecule is CC(=O)Nc1cc2c3c(cccc3c1)C(=O)N([C@H](C)CNCCNC[C@@H](C)N1C(=O)c3cccc4cc(NC(C)=O)cc(c34)C1=O)C2=O. The summed E-state index contributed by atoms with van der Waals surface area (Å²) in [6, 6.07) is 16.3. The van der Waals surface area contributed by atoms with Crippen LogP contribution in [-0.2, 0) is 9.59 Å². The molecule has 0 fully saturated rings. The Kier molecular flexibility index (Phi) is 8.78. The quantitative estimate of drug-likeness (QED) is 0.142. The molecule has 0 bridgehead atoms. The second-order valence-corrected chi connectivity index (χ2v) is 12.3. The van der Waals surface area contributed by atoms with Crippen LogP contribution in [-0.4, -0.2) is 83.5 Å². The highest BCUT2D eigenvalue weighted by atomic mass is 16.2. The summed E-state index contributed by atoms with van der Waals surface area (Å²) >= 11 is 0. The van der Waals surface area contributed by atoms with E-state index in [0.717, 1.165) is 0 Å². The van der Waals surface area contributed by atoms with Crippen molar-refractivity contribution in [1.82, 2.24) is 20.4 Å². The molecule has 0 saturated carbocycles. The van der Waals surface area contributed by atoms with Crippen LogP contribution in [0.4, 0.5) is 11.4 Å². The number of benzene rings is 4. The highest BCUT2D eigenvalue weighted by Crippen LogP contribution is 2.35. The second kappa shape index (κ2) is 13.0. The lowest BCUT2D eigenvalue weighted by atomic mass is 9.92. The Morgan fingerprint density at radius 2 is 0.958 bits per heavy atom. The van der Waals surface area contributed by atoms with Crippen molar-refractivity contribution in [2.75, 3.05) is 36.8 Å². The molecule has 0 aliphatic carbocycles. The Bertz CT molecular complexity index is 1900. The molecule has 4 aromatic rings. The van der Waals surface area contributed by atoms with Crippen LogP contribution < -0.4 is 21.3 Å². The molecule has 2 aliphatic rings. The molecule has 0 radical (unpaired) electrons. The minimum atomic E-state index is -0.467. The van der Waals surface area contributed by atoms with E-state index < -0.39 is 23.9 Å². The fourth-order valence-electron chi connectivity index (χ4n) is 6.59. The van der Waals surface area contributed by atoms with Crippen LogP contribution in [0.2, 0.25) is 0 Å². The van der Waals surface area contributed by atoms with Crippen LogP contribution in [0.1, 0.15) is 69.1 Å². The van der Waals surface area contributed by atoms with E-state index >= 15 is 0 Å². The first-order valence-corrected chi connectivity index (χ1v) is 15.8. The first-order chi connectivity index (χ1) is 23.0. The van der Waals surface area contributed by atoms with E-state index in [9.17, 15) is 28.8 Å². The number of nitrogens with one attached hydrogen (secondary N) is 4. The molecule has 2 heterocycles. The van der Waals surface area contributed by atoms with Crippen LogP contribution in [0.15, 0.2) is 60.7 Å². The zero-order chi connectivity index (χ0) is 34.3. The average molecular weight is 649 g/mol. The summed E-state index contributed by atoms with van der Waals surface area (Å²) in [5, 5.41) is 14.6. The number of carbonyl (C=O) groups excluding carboxylic acids is 6. The standard InChI is InChI=1S/C36H36N6O6/c1-19(41-33(45)27-9-5-7-23-13-25(39-21(3)43)15-29(31(23)27)35(41)47)17-37-11-12-38-18-20(2)42-34(46)28-10-6-8-24-14-26(40-22(4)44)16-30(32(24)28)36(42)48/h5-10,13-16,19-20,37-38H,11-12,17-18H2,1-4H3,(H,39,43)(H,40,44)/t19-,20-/m1/s1. The molecule has 4 N–H and O–H groups in total. The number of imide groups is 2. The Balaban J connectivity index is 1.05. The van der Waals surface area contributed by atoms with E-state index in [1.165, 1.54) is 23.6 Å². The molecule has 12 nitrogen and oxygen atoms in total. The van der Waals surface area contributed by atoms with Crippen molar-refractivity contribution < 1.29 is 28.8 Å². The van der Waals surface area contributed by atoms with E-state index in [1.807, 2.05) is 12.1 Å². The van der Waals surface area contributed by atoms with E-state index in [-0.39, 0.29) is 23.6 Å². The molecule has 2 aliphatic heterocycles. The zero-order valence-corrected chi connectivity index (χ0v) is 27.1. The molecule has 4 aromatic carbocycles. The van der Waals surface area contributed by atoms with Crippen LogP contribution in [0.5, 0.6) is 0 Å². The Hall–Kier alpha value is -5.46. The summed E-state index contributed by atoms with van der Waals surface area (Å²) in [6.07, 6.45) is 0.